The van der Waals surface area contributed by atoms with Crippen LogP contribution in [0.2, 0.25) is 5.02 Å². The number of benzene rings is 2. The number of amides is 5. The number of hydrogen-bond acceptors (Lipinski definition) is 4. The summed E-state index contributed by atoms with van der Waals surface area (Å²) in [5.74, 6) is -1.42. The normalized spacial score (nSPS) is 17.7. The van der Waals surface area contributed by atoms with Crippen molar-refractivity contribution in [2.75, 3.05) is 25.5 Å². The van der Waals surface area contributed by atoms with Crippen molar-refractivity contribution in [3.63, 3.8) is 0 Å². The van der Waals surface area contributed by atoms with Crippen LogP contribution in [0.4, 0.5) is 10.5 Å². The highest BCUT2D eigenvalue weighted by molar-refractivity contribution is 6.30. The first-order valence-corrected chi connectivity index (χ1v) is 11.0. The number of urea groups is 1. The number of likely N-dealkylation sites (N-methyl/N-ethyl adjacent to an activating group) is 1. The van der Waals surface area contributed by atoms with Gasteiger partial charge in [-0.2, -0.15) is 0 Å². The third-order valence-electron chi connectivity index (χ3n) is 5.89. The van der Waals surface area contributed by atoms with Gasteiger partial charge in [0, 0.05) is 17.8 Å². The number of halogens is 1. The lowest BCUT2D eigenvalue weighted by molar-refractivity contribution is -0.139. The van der Waals surface area contributed by atoms with E-state index in [2.05, 4.69) is 10.6 Å². The zero-order valence-corrected chi connectivity index (χ0v) is 19.8. The maximum absolute atomic E-state index is 13.2. The molecule has 0 bridgehead atoms. The van der Waals surface area contributed by atoms with Gasteiger partial charge in [-0.1, -0.05) is 48.9 Å². The van der Waals surface area contributed by atoms with Gasteiger partial charge in [0.2, 0.25) is 11.8 Å². The molecule has 0 radical (unpaired) electrons. The zero-order valence-electron chi connectivity index (χ0n) is 19.1. The largest absolute Gasteiger partial charge is 0.335 e. The fraction of sp³-hybridized carbons (Fsp3) is 0.333. The highest BCUT2D eigenvalue weighted by atomic mass is 35.5. The second-order valence-corrected chi connectivity index (χ2v) is 8.59. The van der Waals surface area contributed by atoms with Crippen molar-refractivity contribution < 1.29 is 19.2 Å². The SMILES string of the molecule is CCC1(c2ccc(Cl)cc2)NC(=O)N(CC(=O)N(C)CC(=O)Nc2c(C)cccc2C)C1=O. The van der Waals surface area contributed by atoms with Gasteiger partial charge in [0.15, 0.2) is 0 Å². The third-order valence-corrected chi connectivity index (χ3v) is 6.14. The van der Waals surface area contributed by atoms with Crippen molar-refractivity contribution in [3.05, 3.63) is 64.2 Å². The summed E-state index contributed by atoms with van der Waals surface area (Å²) < 4.78 is 0. The van der Waals surface area contributed by atoms with Crippen LogP contribution in [0.25, 0.3) is 0 Å². The van der Waals surface area contributed by atoms with Crippen molar-refractivity contribution in [3.8, 4) is 0 Å². The predicted octanol–water partition coefficient (Wildman–Crippen LogP) is 3.21. The summed E-state index contributed by atoms with van der Waals surface area (Å²) >= 11 is 5.95. The van der Waals surface area contributed by atoms with Gasteiger partial charge in [-0.05, 0) is 49.1 Å². The number of anilines is 1. The van der Waals surface area contributed by atoms with Crippen LogP contribution >= 0.6 is 11.6 Å². The molecule has 3 rings (SSSR count). The molecule has 0 spiro atoms. The van der Waals surface area contributed by atoms with Gasteiger partial charge >= 0.3 is 6.03 Å². The van der Waals surface area contributed by atoms with Crippen LogP contribution in [-0.2, 0) is 19.9 Å². The molecule has 0 aliphatic carbocycles. The van der Waals surface area contributed by atoms with Crippen LogP contribution in [0.15, 0.2) is 42.5 Å². The Balaban J connectivity index is 1.68. The number of imide groups is 1. The number of nitrogens with one attached hydrogen (secondary N) is 2. The van der Waals surface area contributed by atoms with E-state index in [0.717, 1.165) is 16.0 Å². The molecule has 2 N–H and O–H groups in total. The van der Waals surface area contributed by atoms with E-state index in [0.29, 0.717) is 22.7 Å². The van der Waals surface area contributed by atoms with Gasteiger partial charge < -0.3 is 15.5 Å². The fourth-order valence-corrected chi connectivity index (χ4v) is 4.02. The van der Waals surface area contributed by atoms with E-state index < -0.39 is 29.9 Å². The highest BCUT2D eigenvalue weighted by Gasteiger charge is 2.51. The first-order chi connectivity index (χ1) is 15.6. The first-order valence-electron chi connectivity index (χ1n) is 10.6. The Morgan fingerprint density at radius 1 is 1.09 bits per heavy atom. The molecule has 0 saturated carbocycles. The summed E-state index contributed by atoms with van der Waals surface area (Å²) in [6, 6.07) is 11.7. The van der Waals surface area contributed by atoms with Crippen LogP contribution < -0.4 is 10.6 Å². The number of aryl methyl sites for hydroxylation is 2. The molecule has 1 aliphatic heterocycles. The Kier molecular flexibility index (Phi) is 7.07. The number of carbonyl (C=O) groups excluding carboxylic acids is 4. The fourth-order valence-electron chi connectivity index (χ4n) is 3.89. The average molecular weight is 471 g/mol. The lowest BCUT2D eigenvalue weighted by Gasteiger charge is -2.26. The monoisotopic (exact) mass is 470 g/mol. The van der Waals surface area contributed by atoms with Crippen LogP contribution in [0.3, 0.4) is 0 Å². The van der Waals surface area contributed by atoms with E-state index in [1.165, 1.54) is 11.9 Å². The Hall–Kier alpha value is -3.39. The van der Waals surface area contributed by atoms with Crippen LogP contribution in [0.1, 0.15) is 30.0 Å². The standard InChI is InChI=1S/C24H27ClN4O4/c1-5-24(17-9-11-18(25)12-10-17)22(32)29(23(33)27-24)14-20(31)28(4)13-19(30)26-21-15(2)7-6-8-16(21)3/h6-12H,5,13-14H2,1-4H3,(H,26,30)(H,27,33). The molecule has 2 aromatic carbocycles. The minimum Gasteiger partial charge on any atom is -0.335 e. The molecule has 1 heterocycles. The van der Waals surface area contributed by atoms with Crippen molar-refractivity contribution >= 4 is 41.0 Å². The molecule has 174 valence electrons. The number of carbonyl (C=O) groups is 4. The molecule has 5 amide bonds. The molecule has 8 nitrogen and oxygen atoms in total. The van der Waals surface area contributed by atoms with Gasteiger partial charge in [-0.3, -0.25) is 19.3 Å². The predicted molar refractivity (Wildman–Crippen MR) is 126 cm³/mol. The average Bonchev–Trinajstić information content (AvgIpc) is 3.02. The number of hydrogen-bond donors (Lipinski definition) is 2. The van der Waals surface area contributed by atoms with Crippen molar-refractivity contribution in [2.45, 2.75) is 32.7 Å². The molecule has 1 saturated heterocycles. The summed E-state index contributed by atoms with van der Waals surface area (Å²) in [7, 11) is 1.46. The Morgan fingerprint density at radius 3 is 2.27 bits per heavy atom. The van der Waals surface area contributed by atoms with Crippen LogP contribution in [-0.4, -0.2) is 53.7 Å². The van der Waals surface area contributed by atoms with Gasteiger partial charge in [-0.15, -0.1) is 0 Å². The Labute approximate surface area is 197 Å². The van der Waals surface area contributed by atoms with Gasteiger partial charge in [0.25, 0.3) is 5.91 Å². The van der Waals surface area contributed by atoms with Crippen molar-refractivity contribution in [1.82, 2.24) is 15.1 Å². The number of para-hydroxylation sites is 1. The second kappa shape index (κ2) is 9.62. The summed E-state index contributed by atoms with van der Waals surface area (Å²) in [6.45, 7) is 4.87. The molecule has 1 fully saturated rings. The lowest BCUT2D eigenvalue weighted by atomic mass is 9.87. The smallest absolute Gasteiger partial charge is 0.325 e. The van der Waals surface area contributed by atoms with Crippen molar-refractivity contribution in [2.24, 2.45) is 0 Å². The molecular weight excluding hydrogens is 444 g/mol. The Morgan fingerprint density at radius 2 is 1.70 bits per heavy atom. The van der Waals surface area contributed by atoms with Crippen molar-refractivity contribution in [1.29, 1.82) is 0 Å². The minimum absolute atomic E-state index is 0.216. The molecule has 1 unspecified atom stereocenters. The third kappa shape index (κ3) is 4.85. The minimum atomic E-state index is -1.26. The van der Waals surface area contributed by atoms with Gasteiger partial charge in [0.05, 0.1) is 6.54 Å². The van der Waals surface area contributed by atoms with E-state index in [1.54, 1.807) is 31.2 Å². The van der Waals surface area contributed by atoms with E-state index >= 15 is 0 Å². The van der Waals surface area contributed by atoms with E-state index in [4.69, 9.17) is 11.6 Å². The van der Waals surface area contributed by atoms with Gasteiger partial charge in [0.1, 0.15) is 12.1 Å². The lowest BCUT2D eigenvalue weighted by Crippen LogP contribution is -2.46. The highest BCUT2D eigenvalue weighted by Crippen LogP contribution is 2.33. The molecular formula is C24H27ClN4O4. The topological polar surface area (TPSA) is 98.8 Å². The number of rotatable bonds is 7. The van der Waals surface area contributed by atoms with E-state index in [9.17, 15) is 19.2 Å². The molecule has 9 heteroatoms. The summed E-state index contributed by atoms with van der Waals surface area (Å²) in [5, 5.41) is 6.06. The maximum Gasteiger partial charge on any atom is 0.325 e. The van der Waals surface area contributed by atoms with Gasteiger partial charge in [-0.25, -0.2) is 4.79 Å². The molecule has 1 aliphatic rings. The summed E-state index contributed by atoms with van der Waals surface area (Å²) in [4.78, 5) is 53.1. The van der Waals surface area contributed by atoms with E-state index in [1.807, 2.05) is 32.0 Å². The first kappa shape index (κ1) is 24.3. The number of nitrogens with zero attached hydrogens (tertiary/aromatic N) is 2. The molecule has 2 aromatic rings. The molecule has 33 heavy (non-hydrogen) atoms. The van der Waals surface area contributed by atoms with Crippen LogP contribution in [0.5, 0.6) is 0 Å². The summed E-state index contributed by atoms with van der Waals surface area (Å²) in [5.41, 5.74) is 1.85. The maximum atomic E-state index is 13.2. The zero-order chi connectivity index (χ0) is 24.3. The van der Waals surface area contributed by atoms with E-state index in [-0.39, 0.29) is 12.5 Å². The molecule has 1 atom stereocenters. The molecule has 0 aromatic heterocycles. The quantitative estimate of drug-likeness (QED) is 0.607. The second-order valence-electron chi connectivity index (χ2n) is 8.15. The Bertz CT molecular complexity index is 1080. The summed E-state index contributed by atoms with van der Waals surface area (Å²) in [6.07, 6.45) is 0.303. The van der Waals surface area contributed by atoms with Crippen LogP contribution in [0, 0.1) is 13.8 Å².